The lowest BCUT2D eigenvalue weighted by Gasteiger charge is -2.31. The third kappa shape index (κ3) is 3.46. The normalized spacial score (nSPS) is 17.1. The largest absolute Gasteiger partial charge is 0.459 e. The van der Waals surface area contributed by atoms with Crippen LogP contribution in [0.25, 0.3) is 0 Å². The van der Waals surface area contributed by atoms with E-state index < -0.39 is 0 Å². The Morgan fingerprint density at radius 2 is 2.17 bits per heavy atom. The molecule has 0 aliphatic carbocycles. The second kappa shape index (κ2) is 7.01. The summed E-state index contributed by atoms with van der Waals surface area (Å²) in [7, 11) is 0. The number of piperidine rings is 1. The van der Waals surface area contributed by atoms with E-state index in [1.54, 1.807) is 41.3 Å². The lowest BCUT2D eigenvalue weighted by atomic mass is 9.96. The predicted octanol–water partition coefficient (Wildman–Crippen LogP) is 2.64. The molecule has 6 heteroatoms. The van der Waals surface area contributed by atoms with Gasteiger partial charge in [0.2, 0.25) is 5.91 Å². The summed E-state index contributed by atoms with van der Waals surface area (Å²) in [4.78, 5) is 26.5. The van der Waals surface area contributed by atoms with Crippen molar-refractivity contribution >= 4 is 17.5 Å². The van der Waals surface area contributed by atoms with Crippen LogP contribution >= 0.6 is 0 Å². The van der Waals surface area contributed by atoms with Crippen LogP contribution in [0, 0.1) is 17.2 Å². The van der Waals surface area contributed by atoms with Gasteiger partial charge in [0.25, 0.3) is 5.91 Å². The van der Waals surface area contributed by atoms with Gasteiger partial charge in [-0.15, -0.1) is 0 Å². The van der Waals surface area contributed by atoms with E-state index in [1.807, 2.05) is 6.07 Å². The summed E-state index contributed by atoms with van der Waals surface area (Å²) < 4.78 is 5.14. The van der Waals surface area contributed by atoms with Crippen molar-refractivity contribution < 1.29 is 14.0 Å². The van der Waals surface area contributed by atoms with Crippen LogP contribution in [-0.2, 0) is 4.79 Å². The summed E-state index contributed by atoms with van der Waals surface area (Å²) in [5.41, 5.74) is 1.08. The monoisotopic (exact) mass is 323 g/mol. The molecule has 2 aromatic rings. The minimum absolute atomic E-state index is 0.137. The molecule has 1 aliphatic heterocycles. The average molecular weight is 323 g/mol. The molecule has 1 saturated heterocycles. The number of nitrogens with zero attached hydrogens (tertiary/aromatic N) is 2. The summed E-state index contributed by atoms with van der Waals surface area (Å²) in [6.45, 7) is 0.983. The van der Waals surface area contributed by atoms with Gasteiger partial charge < -0.3 is 14.6 Å². The van der Waals surface area contributed by atoms with Crippen molar-refractivity contribution in [2.45, 2.75) is 12.8 Å². The molecule has 0 spiro atoms. The summed E-state index contributed by atoms with van der Waals surface area (Å²) in [6.07, 6.45) is 2.96. The molecule has 0 bridgehead atoms. The number of hydrogen-bond donors (Lipinski definition) is 1. The number of carbonyl (C=O) groups is 2. The molecule has 3 rings (SSSR count). The fourth-order valence-corrected chi connectivity index (χ4v) is 2.84. The Morgan fingerprint density at radius 3 is 2.92 bits per heavy atom. The number of carbonyl (C=O) groups excluding carboxylic acids is 2. The zero-order valence-electron chi connectivity index (χ0n) is 13.1. The van der Waals surface area contributed by atoms with Crippen LogP contribution in [0.4, 0.5) is 5.69 Å². The number of furan rings is 1. The van der Waals surface area contributed by atoms with E-state index in [0.717, 1.165) is 12.8 Å². The second-order valence-corrected chi connectivity index (χ2v) is 5.75. The highest BCUT2D eigenvalue weighted by molar-refractivity contribution is 5.95. The van der Waals surface area contributed by atoms with Crippen LogP contribution in [0.2, 0.25) is 0 Å². The molecule has 1 aromatic heterocycles. The number of likely N-dealkylation sites (tertiary alicyclic amines) is 1. The molecule has 24 heavy (non-hydrogen) atoms. The average Bonchev–Trinajstić information content (AvgIpc) is 3.16. The lowest BCUT2D eigenvalue weighted by molar-refractivity contribution is -0.121. The third-order valence-corrected chi connectivity index (χ3v) is 4.07. The van der Waals surface area contributed by atoms with Gasteiger partial charge >= 0.3 is 0 Å². The minimum atomic E-state index is -0.275. The number of rotatable bonds is 3. The van der Waals surface area contributed by atoms with Crippen LogP contribution in [0.5, 0.6) is 0 Å². The number of nitriles is 1. The third-order valence-electron chi connectivity index (χ3n) is 4.07. The summed E-state index contributed by atoms with van der Waals surface area (Å²) in [5.74, 6) is -0.313. The quantitative estimate of drug-likeness (QED) is 0.940. The highest BCUT2D eigenvalue weighted by Gasteiger charge is 2.29. The number of nitrogens with one attached hydrogen (secondary N) is 1. The molecule has 2 heterocycles. The molecule has 0 radical (unpaired) electrons. The van der Waals surface area contributed by atoms with Crippen molar-refractivity contribution in [1.82, 2.24) is 4.90 Å². The van der Waals surface area contributed by atoms with E-state index in [9.17, 15) is 9.59 Å². The first-order valence-corrected chi connectivity index (χ1v) is 7.81. The molecular weight excluding hydrogens is 306 g/mol. The molecule has 1 N–H and O–H groups in total. The summed E-state index contributed by atoms with van der Waals surface area (Å²) in [6, 6.07) is 12.1. The topological polar surface area (TPSA) is 86.3 Å². The predicted molar refractivity (Wildman–Crippen MR) is 87.1 cm³/mol. The second-order valence-electron chi connectivity index (χ2n) is 5.75. The molecule has 122 valence electrons. The smallest absolute Gasteiger partial charge is 0.289 e. The van der Waals surface area contributed by atoms with Gasteiger partial charge in [-0.3, -0.25) is 9.59 Å². The van der Waals surface area contributed by atoms with Gasteiger partial charge in [-0.05, 0) is 43.2 Å². The Morgan fingerprint density at radius 1 is 1.29 bits per heavy atom. The van der Waals surface area contributed by atoms with Crippen molar-refractivity contribution in [2.24, 2.45) is 5.92 Å². The first kappa shape index (κ1) is 15.8. The van der Waals surface area contributed by atoms with Crippen molar-refractivity contribution in [3.63, 3.8) is 0 Å². The van der Waals surface area contributed by atoms with Gasteiger partial charge in [0, 0.05) is 18.8 Å². The van der Waals surface area contributed by atoms with Crippen LogP contribution < -0.4 is 5.32 Å². The maximum absolute atomic E-state index is 12.5. The van der Waals surface area contributed by atoms with E-state index in [1.165, 1.54) is 6.26 Å². The van der Waals surface area contributed by atoms with E-state index in [-0.39, 0.29) is 23.5 Å². The fraction of sp³-hybridized carbons (Fsp3) is 0.278. The van der Waals surface area contributed by atoms with Crippen LogP contribution in [0.15, 0.2) is 47.1 Å². The van der Waals surface area contributed by atoms with Crippen LogP contribution in [0.1, 0.15) is 29.0 Å². The maximum Gasteiger partial charge on any atom is 0.289 e. The maximum atomic E-state index is 12.5. The molecular formula is C18H17N3O3. The van der Waals surface area contributed by atoms with Crippen molar-refractivity contribution in [2.75, 3.05) is 18.4 Å². The number of anilines is 1. The number of amides is 2. The summed E-state index contributed by atoms with van der Waals surface area (Å²) >= 11 is 0. The molecule has 0 saturated carbocycles. The van der Waals surface area contributed by atoms with Crippen LogP contribution in [0.3, 0.4) is 0 Å². The van der Waals surface area contributed by atoms with Gasteiger partial charge in [-0.25, -0.2) is 0 Å². The Bertz CT molecular complexity index is 777. The van der Waals surface area contributed by atoms with Gasteiger partial charge in [0.1, 0.15) is 0 Å². The Labute approximate surface area is 139 Å². The Balaban J connectivity index is 1.64. The van der Waals surface area contributed by atoms with Gasteiger partial charge in [0.05, 0.1) is 23.8 Å². The first-order chi connectivity index (χ1) is 11.7. The molecule has 1 fully saturated rings. The molecule has 1 unspecified atom stereocenters. The van der Waals surface area contributed by atoms with Crippen LogP contribution in [-0.4, -0.2) is 29.8 Å². The van der Waals surface area contributed by atoms with Gasteiger partial charge in [-0.2, -0.15) is 5.26 Å². The Hall–Kier alpha value is -3.07. The SMILES string of the molecule is N#Cc1cccc(NC(=O)C2CCCN(C(=O)c3ccco3)C2)c1. The summed E-state index contributed by atoms with van der Waals surface area (Å²) in [5, 5.41) is 11.7. The van der Waals surface area contributed by atoms with Crippen molar-refractivity contribution in [3.05, 3.63) is 54.0 Å². The van der Waals surface area contributed by atoms with E-state index in [0.29, 0.717) is 24.3 Å². The van der Waals surface area contributed by atoms with Gasteiger partial charge in [-0.1, -0.05) is 6.07 Å². The molecule has 6 nitrogen and oxygen atoms in total. The standard InChI is InChI=1S/C18H17N3O3/c19-11-13-4-1-6-15(10-13)20-17(22)14-5-2-8-21(12-14)18(23)16-7-3-9-24-16/h1,3-4,6-7,9-10,14H,2,5,8,12H2,(H,20,22). The fourth-order valence-electron chi connectivity index (χ4n) is 2.84. The lowest BCUT2D eigenvalue weighted by Crippen LogP contribution is -2.43. The molecule has 2 amide bonds. The minimum Gasteiger partial charge on any atom is -0.459 e. The van der Waals surface area contributed by atoms with Gasteiger partial charge in [0.15, 0.2) is 5.76 Å². The van der Waals surface area contributed by atoms with E-state index in [2.05, 4.69) is 5.32 Å². The number of hydrogen-bond acceptors (Lipinski definition) is 4. The molecule has 1 aliphatic rings. The van der Waals surface area contributed by atoms with E-state index in [4.69, 9.17) is 9.68 Å². The molecule has 1 atom stereocenters. The highest BCUT2D eigenvalue weighted by atomic mass is 16.3. The zero-order valence-corrected chi connectivity index (χ0v) is 13.1. The Kier molecular flexibility index (Phi) is 4.62. The zero-order chi connectivity index (χ0) is 16.9. The van der Waals surface area contributed by atoms with Crippen molar-refractivity contribution in [3.8, 4) is 6.07 Å². The van der Waals surface area contributed by atoms with E-state index >= 15 is 0 Å². The molecule has 1 aromatic carbocycles. The van der Waals surface area contributed by atoms with Crippen molar-refractivity contribution in [1.29, 1.82) is 5.26 Å². The first-order valence-electron chi connectivity index (χ1n) is 7.81. The highest BCUT2D eigenvalue weighted by Crippen LogP contribution is 2.21. The number of benzene rings is 1.